The van der Waals surface area contributed by atoms with Gasteiger partial charge in [-0.3, -0.25) is 4.79 Å². The summed E-state index contributed by atoms with van der Waals surface area (Å²) in [6.07, 6.45) is 0.999. The minimum absolute atomic E-state index is 0.0575. The molecule has 0 saturated carbocycles. The lowest BCUT2D eigenvalue weighted by Crippen LogP contribution is -2.55. The minimum atomic E-state index is -0.317. The molecule has 2 heterocycles. The van der Waals surface area contributed by atoms with Gasteiger partial charge in [0.1, 0.15) is 10.7 Å². The highest BCUT2D eigenvalue weighted by Crippen LogP contribution is 2.29. The first-order chi connectivity index (χ1) is 9.45. The Balaban J connectivity index is 2.18. The number of hydrogen-bond donors (Lipinski definition) is 2. The summed E-state index contributed by atoms with van der Waals surface area (Å²) >= 11 is 1.32. The number of aromatic nitrogens is 1. The van der Waals surface area contributed by atoms with E-state index in [1.54, 1.807) is 0 Å². The summed E-state index contributed by atoms with van der Waals surface area (Å²) in [7, 11) is 0. The van der Waals surface area contributed by atoms with Crippen molar-refractivity contribution in [2.75, 3.05) is 37.4 Å². The first-order valence-electron chi connectivity index (χ1n) is 6.85. The third-order valence-electron chi connectivity index (χ3n) is 3.26. The molecule has 0 aromatic carbocycles. The summed E-state index contributed by atoms with van der Waals surface area (Å²) in [6.45, 7) is 8.58. The summed E-state index contributed by atoms with van der Waals surface area (Å²) in [6, 6.07) is 0. The summed E-state index contributed by atoms with van der Waals surface area (Å²) in [5.41, 5.74) is 5.57. The summed E-state index contributed by atoms with van der Waals surface area (Å²) in [5.74, 6) is 0.249. The van der Waals surface area contributed by atoms with Crippen molar-refractivity contribution in [1.29, 1.82) is 0 Å². The van der Waals surface area contributed by atoms with Gasteiger partial charge >= 0.3 is 0 Å². The second-order valence-electron chi connectivity index (χ2n) is 5.48. The molecule has 0 bridgehead atoms. The zero-order valence-electron chi connectivity index (χ0n) is 12.2. The van der Waals surface area contributed by atoms with Crippen molar-refractivity contribution in [3.05, 3.63) is 4.88 Å². The topological polar surface area (TPSA) is 80.5 Å². The van der Waals surface area contributed by atoms with Crippen molar-refractivity contribution in [3.8, 4) is 0 Å². The van der Waals surface area contributed by atoms with Crippen LogP contribution < -0.4 is 11.1 Å². The van der Waals surface area contributed by atoms with Gasteiger partial charge in [-0.15, -0.1) is 0 Å². The third kappa shape index (κ3) is 3.04. The van der Waals surface area contributed by atoms with Crippen LogP contribution in [0.3, 0.4) is 0 Å². The molecule has 0 radical (unpaired) electrons. The highest BCUT2D eigenvalue weighted by Gasteiger charge is 2.36. The highest BCUT2D eigenvalue weighted by atomic mass is 32.1. The predicted octanol–water partition coefficient (Wildman–Crippen LogP) is 1.80. The van der Waals surface area contributed by atoms with Crippen LogP contribution in [0, 0.1) is 0 Å². The minimum Gasteiger partial charge on any atom is -0.382 e. The molecule has 1 saturated heterocycles. The fraction of sp³-hybridized carbons (Fsp3) is 0.692. The molecule has 0 atom stereocenters. The molecule has 20 heavy (non-hydrogen) atoms. The average molecular weight is 298 g/mol. The zero-order valence-corrected chi connectivity index (χ0v) is 13.0. The molecule has 2 rings (SSSR count). The number of anilines is 2. The number of amides is 1. The number of nitrogens with zero attached hydrogens (tertiary/aromatic N) is 2. The summed E-state index contributed by atoms with van der Waals surface area (Å²) in [4.78, 5) is 19.2. The third-order valence-corrected chi connectivity index (χ3v) is 4.28. The molecule has 1 aliphatic rings. The molecule has 0 spiro atoms. The molecule has 1 aliphatic heterocycles. The van der Waals surface area contributed by atoms with E-state index in [1.807, 2.05) is 18.7 Å². The predicted molar refractivity (Wildman–Crippen MR) is 81.2 cm³/mol. The standard InChI is InChI=1S/C13H22N4O2S/c1-4-5-15-12-16-10(14)9(20-12)11(18)17-6-7-19-8-13(17,2)3/h4-8,14H2,1-3H3,(H,15,16). The second kappa shape index (κ2) is 5.97. The van der Waals surface area contributed by atoms with Crippen LogP contribution in [-0.2, 0) is 4.74 Å². The van der Waals surface area contributed by atoms with Crippen LogP contribution in [0.2, 0.25) is 0 Å². The number of rotatable bonds is 4. The van der Waals surface area contributed by atoms with Crippen molar-refractivity contribution in [1.82, 2.24) is 9.88 Å². The lowest BCUT2D eigenvalue weighted by atomic mass is 10.0. The van der Waals surface area contributed by atoms with Gasteiger partial charge in [-0.05, 0) is 20.3 Å². The number of nitrogens with two attached hydrogens (primary N) is 1. The van der Waals surface area contributed by atoms with E-state index in [1.165, 1.54) is 11.3 Å². The molecular weight excluding hydrogens is 276 g/mol. The van der Waals surface area contributed by atoms with Gasteiger partial charge in [-0.25, -0.2) is 4.98 Å². The molecular formula is C13H22N4O2S. The Kier molecular flexibility index (Phi) is 4.49. The van der Waals surface area contributed by atoms with E-state index >= 15 is 0 Å². The summed E-state index contributed by atoms with van der Waals surface area (Å²) < 4.78 is 5.44. The van der Waals surface area contributed by atoms with E-state index in [0.717, 1.165) is 13.0 Å². The van der Waals surface area contributed by atoms with Crippen LogP contribution in [0.25, 0.3) is 0 Å². The van der Waals surface area contributed by atoms with Crippen LogP contribution in [0.4, 0.5) is 10.9 Å². The average Bonchev–Trinajstić information content (AvgIpc) is 2.76. The van der Waals surface area contributed by atoms with Crippen molar-refractivity contribution in [2.24, 2.45) is 0 Å². The molecule has 6 nitrogen and oxygen atoms in total. The fourth-order valence-electron chi connectivity index (χ4n) is 2.15. The largest absolute Gasteiger partial charge is 0.382 e. The zero-order chi connectivity index (χ0) is 14.8. The van der Waals surface area contributed by atoms with Crippen LogP contribution >= 0.6 is 11.3 Å². The number of thiazole rings is 1. The van der Waals surface area contributed by atoms with Gasteiger partial charge in [0, 0.05) is 13.1 Å². The Labute approximate surface area is 123 Å². The quantitative estimate of drug-likeness (QED) is 0.886. The second-order valence-corrected chi connectivity index (χ2v) is 6.48. The van der Waals surface area contributed by atoms with Crippen LogP contribution in [0.15, 0.2) is 0 Å². The Bertz CT molecular complexity index is 487. The van der Waals surface area contributed by atoms with E-state index in [2.05, 4.69) is 17.2 Å². The van der Waals surface area contributed by atoms with E-state index in [4.69, 9.17) is 10.5 Å². The van der Waals surface area contributed by atoms with Crippen molar-refractivity contribution >= 4 is 28.2 Å². The van der Waals surface area contributed by atoms with Gasteiger partial charge in [0.15, 0.2) is 5.13 Å². The van der Waals surface area contributed by atoms with E-state index < -0.39 is 0 Å². The number of nitrogens with one attached hydrogen (secondary N) is 1. The van der Waals surface area contributed by atoms with E-state index in [9.17, 15) is 4.79 Å². The molecule has 1 amide bonds. The Hall–Kier alpha value is -1.34. The molecule has 112 valence electrons. The van der Waals surface area contributed by atoms with E-state index in [0.29, 0.717) is 35.6 Å². The first-order valence-corrected chi connectivity index (χ1v) is 7.67. The van der Waals surface area contributed by atoms with Crippen molar-refractivity contribution in [2.45, 2.75) is 32.7 Å². The van der Waals surface area contributed by atoms with Gasteiger partial charge < -0.3 is 20.7 Å². The number of morpholine rings is 1. The normalized spacial score (nSPS) is 18.1. The van der Waals surface area contributed by atoms with Crippen molar-refractivity contribution in [3.63, 3.8) is 0 Å². The van der Waals surface area contributed by atoms with Gasteiger partial charge in [0.25, 0.3) is 5.91 Å². The lowest BCUT2D eigenvalue weighted by molar-refractivity contribution is -0.0368. The molecule has 0 unspecified atom stereocenters. The molecule has 1 aromatic rings. The number of nitrogen functional groups attached to an aromatic ring is 1. The first kappa shape index (κ1) is 15.1. The van der Waals surface area contributed by atoms with Gasteiger partial charge in [-0.2, -0.15) is 0 Å². The molecule has 0 aliphatic carbocycles. The van der Waals surface area contributed by atoms with Crippen LogP contribution in [-0.4, -0.2) is 47.6 Å². The number of carbonyl (C=O) groups is 1. The summed E-state index contributed by atoms with van der Waals surface area (Å²) in [5, 5.41) is 3.87. The number of ether oxygens (including phenoxy) is 1. The molecule has 1 aromatic heterocycles. The SMILES string of the molecule is CCCNc1nc(N)c(C(=O)N2CCOCC2(C)C)s1. The maximum atomic E-state index is 12.7. The highest BCUT2D eigenvalue weighted by molar-refractivity contribution is 7.18. The lowest BCUT2D eigenvalue weighted by Gasteiger charge is -2.41. The monoisotopic (exact) mass is 298 g/mol. The number of hydrogen-bond acceptors (Lipinski definition) is 6. The van der Waals surface area contributed by atoms with Crippen LogP contribution in [0.1, 0.15) is 36.9 Å². The van der Waals surface area contributed by atoms with E-state index in [-0.39, 0.29) is 11.4 Å². The molecule has 3 N–H and O–H groups in total. The Morgan fingerprint density at radius 1 is 1.60 bits per heavy atom. The number of carbonyl (C=O) groups excluding carboxylic acids is 1. The maximum Gasteiger partial charge on any atom is 0.268 e. The molecule has 1 fully saturated rings. The van der Waals surface area contributed by atoms with Gasteiger partial charge in [0.05, 0.1) is 18.8 Å². The smallest absolute Gasteiger partial charge is 0.268 e. The Morgan fingerprint density at radius 3 is 3.00 bits per heavy atom. The van der Waals surface area contributed by atoms with Gasteiger partial charge in [-0.1, -0.05) is 18.3 Å². The van der Waals surface area contributed by atoms with Crippen molar-refractivity contribution < 1.29 is 9.53 Å². The Morgan fingerprint density at radius 2 is 2.35 bits per heavy atom. The van der Waals surface area contributed by atoms with Gasteiger partial charge in [0.2, 0.25) is 0 Å². The molecule has 7 heteroatoms. The maximum absolute atomic E-state index is 12.7. The van der Waals surface area contributed by atoms with Crippen LogP contribution in [0.5, 0.6) is 0 Å². The fourth-order valence-corrected chi connectivity index (χ4v) is 3.01.